The molecule has 1 saturated carbocycles. The third-order valence-electron chi connectivity index (χ3n) is 4.55. The van der Waals surface area contributed by atoms with Crippen LogP contribution < -0.4 is 10.6 Å². The van der Waals surface area contributed by atoms with Crippen molar-refractivity contribution in [1.82, 2.24) is 10.6 Å². The molecule has 1 aliphatic carbocycles. The van der Waals surface area contributed by atoms with E-state index in [4.69, 9.17) is 0 Å². The van der Waals surface area contributed by atoms with Gasteiger partial charge in [0, 0.05) is 19.0 Å². The molecule has 0 aromatic heterocycles. The Morgan fingerprint density at radius 2 is 1.56 bits per heavy atom. The molecule has 0 aliphatic heterocycles. The third kappa shape index (κ3) is 3.79. The summed E-state index contributed by atoms with van der Waals surface area (Å²) < 4.78 is 0. The molecule has 3 N–H and O–H groups in total. The Bertz CT molecular complexity index is 827. The van der Waals surface area contributed by atoms with E-state index in [9.17, 15) is 19.5 Å². The van der Waals surface area contributed by atoms with Gasteiger partial charge in [-0.05, 0) is 35.7 Å². The SMILES string of the molecule is O=C(O)c1cc2ccccc2cc1C(=O)NCCNC(=O)C1CCC1. The third-order valence-corrected chi connectivity index (χ3v) is 4.55. The predicted molar refractivity (Wildman–Crippen MR) is 93.6 cm³/mol. The summed E-state index contributed by atoms with van der Waals surface area (Å²) in [5.41, 5.74) is 0.0891. The van der Waals surface area contributed by atoms with Crippen molar-refractivity contribution in [3.8, 4) is 0 Å². The van der Waals surface area contributed by atoms with Gasteiger partial charge in [-0.2, -0.15) is 0 Å². The number of amides is 2. The minimum absolute atomic E-state index is 0.0254. The van der Waals surface area contributed by atoms with E-state index in [0.717, 1.165) is 30.0 Å². The molecule has 1 fully saturated rings. The van der Waals surface area contributed by atoms with Gasteiger partial charge in [0.1, 0.15) is 0 Å². The standard InChI is InChI=1S/C19H20N2O4/c22-17(12-6-3-7-12)20-8-9-21-18(23)15-10-13-4-1-2-5-14(13)11-16(15)19(24)25/h1-2,4-5,10-12H,3,6-9H2,(H,20,22)(H,21,23)(H,24,25). The lowest BCUT2D eigenvalue weighted by Gasteiger charge is -2.24. The molecule has 6 nitrogen and oxygen atoms in total. The molecule has 25 heavy (non-hydrogen) atoms. The molecule has 0 spiro atoms. The Kier molecular flexibility index (Phi) is 4.97. The number of carboxylic acid groups (broad SMARTS) is 1. The molecule has 6 heteroatoms. The van der Waals surface area contributed by atoms with Gasteiger partial charge < -0.3 is 15.7 Å². The first-order valence-electron chi connectivity index (χ1n) is 8.38. The number of nitrogens with one attached hydrogen (secondary N) is 2. The first-order chi connectivity index (χ1) is 12.1. The summed E-state index contributed by atoms with van der Waals surface area (Å²) in [7, 11) is 0. The summed E-state index contributed by atoms with van der Waals surface area (Å²) in [6.07, 6.45) is 2.95. The van der Waals surface area contributed by atoms with Gasteiger partial charge in [-0.3, -0.25) is 9.59 Å². The number of aromatic carboxylic acids is 1. The predicted octanol–water partition coefficient (Wildman–Crippen LogP) is 2.18. The quantitative estimate of drug-likeness (QED) is 0.702. The number of hydrogen-bond donors (Lipinski definition) is 3. The molecule has 2 aromatic carbocycles. The van der Waals surface area contributed by atoms with Crippen LogP contribution in [0.5, 0.6) is 0 Å². The van der Waals surface area contributed by atoms with Crippen LogP contribution in [0.1, 0.15) is 40.0 Å². The van der Waals surface area contributed by atoms with Gasteiger partial charge in [-0.25, -0.2) is 4.79 Å². The Hall–Kier alpha value is -2.89. The number of benzene rings is 2. The second-order valence-electron chi connectivity index (χ2n) is 6.22. The Labute approximate surface area is 145 Å². The lowest BCUT2D eigenvalue weighted by molar-refractivity contribution is -0.127. The molecule has 3 rings (SSSR count). The van der Waals surface area contributed by atoms with E-state index in [0.29, 0.717) is 6.54 Å². The minimum atomic E-state index is -1.14. The molecule has 0 radical (unpaired) electrons. The zero-order chi connectivity index (χ0) is 17.8. The van der Waals surface area contributed by atoms with Gasteiger partial charge >= 0.3 is 5.97 Å². The molecule has 2 amide bonds. The maximum absolute atomic E-state index is 12.4. The van der Waals surface area contributed by atoms with Gasteiger partial charge in [0.15, 0.2) is 0 Å². The van der Waals surface area contributed by atoms with E-state index >= 15 is 0 Å². The van der Waals surface area contributed by atoms with E-state index in [1.165, 1.54) is 6.07 Å². The minimum Gasteiger partial charge on any atom is -0.478 e. The first kappa shape index (κ1) is 17.0. The largest absolute Gasteiger partial charge is 0.478 e. The van der Waals surface area contributed by atoms with Crippen LogP contribution in [-0.2, 0) is 4.79 Å². The van der Waals surface area contributed by atoms with Crippen LogP contribution in [-0.4, -0.2) is 36.0 Å². The maximum Gasteiger partial charge on any atom is 0.336 e. The highest BCUT2D eigenvalue weighted by Gasteiger charge is 2.24. The summed E-state index contributed by atoms with van der Waals surface area (Å²) >= 11 is 0. The molecule has 0 atom stereocenters. The van der Waals surface area contributed by atoms with Crippen LogP contribution in [0.25, 0.3) is 10.8 Å². The topological polar surface area (TPSA) is 95.5 Å². The maximum atomic E-state index is 12.4. The van der Waals surface area contributed by atoms with Gasteiger partial charge in [-0.1, -0.05) is 30.7 Å². The fourth-order valence-electron chi connectivity index (χ4n) is 2.88. The van der Waals surface area contributed by atoms with Gasteiger partial charge in [0.05, 0.1) is 11.1 Å². The van der Waals surface area contributed by atoms with Crippen molar-refractivity contribution in [3.05, 3.63) is 47.5 Å². The Morgan fingerprint density at radius 3 is 2.12 bits per heavy atom. The lowest BCUT2D eigenvalue weighted by Crippen LogP contribution is -2.39. The van der Waals surface area contributed by atoms with Crippen molar-refractivity contribution < 1.29 is 19.5 Å². The average molecular weight is 340 g/mol. The summed E-state index contributed by atoms with van der Waals surface area (Å²) in [6, 6.07) is 10.4. The van der Waals surface area contributed by atoms with E-state index in [-0.39, 0.29) is 29.5 Å². The monoisotopic (exact) mass is 340 g/mol. The molecule has 0 bridgehead atoms. The highest BCUT2D eigenvalue weighted by molar-refractivity contribution is 6.08. The lowest BCUT2D eigenvalue weighted by atomic mass is 9.85. The zero-order valence-corrected chi connectivity index (χ0v) is 13.7. The van der Waals surface area contributed by atoms with Crippen LogP contribution in [0.3, 0.4) is 0 Å². The van der Waals surface area contributed by atoms with Gasteiger partial charge in [0.2, 0.25) is 5.91 Å². The van der Waals surface area contributed by atoms with Crippen LogP contribution >= 0.6 is 0 Å². The molecule has 130 valence electrons. The molecule has 2 aromatic rings. The van der Waals surface area contributed by atoms with Crippen molar-refractivity contribution in [1.29, 1.82) is 0 Å². The van der Waals surface area contributed by atoms with Crippen LogP contribution in [0.4, 0.5) is 0 Å². The molecular weight excluding hydrogens is 320 g/mol. The number of carbonyl (C=O) groups excluding carboxylic acids is 2. The molecular formula is C19H20N2O4. The number of carboxylic acids is 1. The Morgan fingerprint density at radius 1 is 0.960 bits per heavy atom. The van der Waals surface area contributed by atoms with Crippen molar-refractivity contribution in [2.24, 2.45) is 5.92 Å². The van der Waals surface area contributed by atoms with E-state index in [1.807, 2.05) is 18.2 Å². The number of fused-ring (bicyclic) bond motifs is 1. The smallest absolute Gasteiger partial charge is 0.336 e. The highest BCUT2D eigenvalue weighted by atomic mass is 16.4. The summed E-state index contributed by atoms with van der Waals surface area (Å²) in [5.74, 6) is -1.47. The summed E-state index contributed by atoms with van der Waals surface area (Å²) in [5, 5.41) is 16.4. The second kappa shape index (κ2) is 7.34. The summed E-state index contributed by atoms with van der Waals surface area (Å²) in [6.45, 7) is 0.584. The number of carbonyl (C=O) groups is 3. The van der Waals surface area contributed by atoms with Crippen molar-refractivity contribution in [2.45, 2.75) is 19.3 Å². The van der Waals surface area contributed by atoms with Gasteiger partial charge in [0.25, 0.3) is 5.91 Å². The fourth-order valence-corrected chi connectivity index (χ4v) is 2.88. The Balaban J connectivity index is 1.65. The molecule has 1 aliphatic rings. The van der Waals surface area contributed by atoms with Gasteiger partial charge in [-0.15, -0.1) is 0 Å². The van der Waals surface area contributed by atoms with Crippen molar-refractivity contribution >= 4 is 28.6 Å². The van der Waals surface area contributed by atoms with Crippen molar-refractivity contribution in [2.75, 3.05) is 13.1 Å². The summed E-state index contributed by atoms with van der Waals surface area (Å²) in [4.78, 5) is 35.6. The second-order valence-corrected chi connectivity index (χ2v) is 6.22. The molecule has 0 heterocycles. The normalized spacial score (nSPS) is 13.9. The van der Waals surface area contributed by atoms with E-state index in [2.05, 4.69) is 10.6 Å². The van der Waals surface area contributed by atoms with Crippen molar-refractivity contribution in [3.63, 3.8) is 0 Å². The van der Waals surface area contributed by atoms with E-state index in [1.54, 1.807) is 12.1 Å². The molecule has 0 saturated heterocycles. The zero-order valence-electron chi connectivity index (χ0n) is 13.7. The average Bonchev–Trinajstić information content (AvgIpc) is 2.55. The number of hydrogen-bond acceptors (Lipinski definition) is 3. The van der Waals surface area contributed by atoms with Crippen LogP contribution in [0.2, 0.25) is 0 Å². The molecule has 0 unspecified atom stereocenters. The van der Waals surface area contributed by atoms with Crippen LogP contribution in [0.15, 0.2) is 36.4 Å². The van der Waals surface area contributed by atoms with Crippen LogP contribution in [0, 0.1) is 5.92 Å². The van der Waals surface area contributed by atoms with E-state index < -0.39 is 11.9 Å². The number of rotatable bonds is 6. The first-order valence-corrected chi connectivity index (χ1v) is 8.38. The fraction of sp³-hybridized carbons (Fsp3) is 0.316. The highest BCUT2D eigenvalue weighted by Crippen LogP contribution is 2.26.